The standard InChI is InChI=1S/C19H26N4O/c1-13-9-14(2)16(15(3)10-13)11-21-19(24)22-17-5-4-6-18(17)23-8-7-20-12-23/h7-10,12,17-18H,4-6,11H2,1-3H3,(H2,21,22,24)/t17-,18+/m1/s1. The van der Waals surface area contributed by atoms with Crippen molar-refractivity contribution in [1.29, 1.82) is 0 Å². The highest BCUT2D eigenvalue weighted by Crippen LogP contribution is 2.29. The molecule has 24 heavy (non-hydrogen) atoms. The summed E-state index contributed by atoms with van der Waals surface area (Å²) in [6.45, 7) is 6.86. The molecule has 0 saturated heterocycles. The quantitative estimate of drug-likeness (QED) is 0.904. The maximum atomic E-state index is 12.3. The number of aryl methyl sites for hydroxylation is 3. The molecule has 1 aromatic heterocycles. The van der Waals surface area contributed by atoms with Crippen LogP contribution in [0.25, 0.3) is 0 Å². The summed E-state index contributed by atoms with van der Waals surface area (Å²) in [5, 5.41) is 6.16. The minimum Gasteiger partial charge on any atom is -0.334 e. The molecule has 2 aromatic rings. The Labute approximate surface area is 143 Å². The van der Waals surface area contributed by atoms with Crippen LogP contribution in [-0.2, 0) is 6.54 Å². The van der Waals surface area contributed by atoms with Gasteiger partial charge in [0.2, 0.25) is 0 Å². The van der Waals surface area contributed by atoms with E-state index >= 15 is 0 Å². The zero-order chi connectivity index (χ0) is 17.1. The van der Waals surface area contributed by atoms with Gasteiger partial charge in [0.15, 0.2) is 0 Å². The molecule has 5 nitrogen and oxygen atoms in total. The molecule has 0 spiro atoms. The highest BCUT2D eigenvalue weighted by atomic mass is 16.2. The van der Waals surface area contributed by atoms with Gasteiger partial charge in [0, 0.05) is 18.9 Å². The van der Waals surface area contributed by atoms with Gasteiger partial charge in [-0.1, -0.05) is 17.7 Å². The van der Waals surface area contributed by atoms with E-state index in [1.54, 1.807) is 6.20 Å². The van der Waals surface area contributed by atoms with E-state index in [-0.39, 0.29) is 12.1 Å². The first-order valence-electron chi connectivity index (χ1n) is 8.63. The molecule has 0 unspecified atom stereocenters. The van der Waals surface area contributed by atoms with Crippen LogP contribution in [0, 0.1) is 20.8 Å². The van der Waals surface area contributed by atoms with Gasteiger partial charge in [-0.05, 0) is 56.7 Å². The van der Waals surface area contributed by atoms with Crippen LogP contribution in [0.5, 0.6) is 0 Å². The minimum absolute atomic E-state index is 0.0913. The maximum absolute atomic E-state index is 12.3. The van der Waals surface area contributed by atoms with Gasteiger partial charge in [-0.3, -0.25) is 0 Å². The number of carbonyl (C=O) groups is 1. The van der Waals surface area contributed by atoms with E-state index in [0.717, 1.165) is 19.3 Å². The smallest absolute Gasteiger partial charge is 0.315 e. The van der Waals surface area contributed by atoms with Crippen molar-refractivity contribution in [3.05, 3.63) is 53.1 Å². The molecule has 0 radical (unpaired) electrons. The zero-order valence-electron chi connectivity index (χ0n) is 14.7. The van der Waals surface area contributed by atoms with Gasteiger partial charge < -0.3 is 15.2 Å². The molecule has 5 heteroatoms. The maximum Gasteiger partial charge on any atom is 0.315 e. The Balaban J connectivity index is 1.58. The molecule has 1 fully saturated rings. The van der Waals surface area contributed by atoms with Crippen LogP contribution in [0.3, 0.4) is 0 Å². The van der Waals surface area contributed by atoms with E-state index in [4.69, 9.17) is 0 Å². The molecular weight excluding hydrogens is 300 g/mol. The number of nitrogens with one attached hydrogen (secondary N) is 2. The Kier molecular flexibility index (Phi) is 4.88. The molecular formula is C19H26N4O. The number of hydrogen-bond acceptors (Lipinski definition) is 2. The van der Waals surface area contributed by atoms with Gasteiger partial charge in [-0.25, -0.2) is 9.78 Å². The third-order valence-corrected chi connectivity index (χ3v) is 4.97. The molecule has 1 aromatic carbocycles. The normalized spacial score (nSPS) is 20.1. The largest absolute Gasteiger partial charge is 0.334 e. The van der Waals surface area contributed by atoms with Crippen LogP contribution in [-0.4, -0.2) is 21.6 Å². The van der Waals surface area contributed by atoms with Crippen LogP contribution in [0.4, 0.5) is 4.79 Å². The number of aromatic nitrogens is 2. The molecule has 3 rings (SSSR count). The van der Waals surface area contributed by atoms with Gasteiger partial charge in [0.25, 0.3) is 0 Å². The lowest BCUT2D eigenvalue weighted by atomic mass is 10.00. The zero-order valence-corrected chi connectivity index (χ0v) is 14.7. The Morgan fingerprint density at radius 2 is 2.00 bits per heavy atom. The first-order valence-corrected chi connectivity index (χ1v) is 8.63. The van der Waals surface area contributed by atoms with E-state index < -0.39 is 0 Å². The molecule has 128 valence electrons. The van der Waals surface area contributed by atoms with Gasteiger partial charge in [0.1, 0.15) is 0 Å². The predicted octanol–water partition coefficient (Wildman–Crippen LogP) is 3.40. The Morgan fingerprint density at radius 3 is 2.67 bits per heavy atom. The van der Waals surface area contributed by atoms with Crippen molar-refractivity contribution in [2.45, 2.75) is 58.7 Å². The van der Waals surface area contributed by atoms with Crippen molar-refractivity contribution in [3.63, 3.8) is 0 Å². The molecule has 0 aliphatic heterocycles. The van der Waals surface area contributed by atoms with Crippen molar-refractivity contribution >= 4 is 6.03 Å². The minimum atomic E-state index is -0.0913. The van der Waals surface area contributed by atoms with E-state index in [1.807, 2.05) is 12.5 Å². The van der Waals surface area contributed by atoms with Crippen LogP contribution in [0.1, 0.15) is 47.6 Å². The van der Waals surface area contributed by atoms with E-state index in [2.05, 4.69) is 53.1 Å². The lowest BCUT2D eigenvalue weighted by molar-refractivity contribution is 0.233. The number of nitrogens with zero attached hydrogens (tertiary/aromatic N) is 2. The number of benzene rings is 1. The van der Waals surface area contributed by atoms with Crippen LogP contribution in [0.15, 0.2) is 30.9 Å². The summed E-state index contributed by atoms with van der Waals surface area (Å²) in [5.41, 5.74) is 4.91. The fraction of sp³-hybridized carbons (Fsp3) is 0.474. The van der Waals surface area contributed by atoms with E-state index in [1.165, 1.54) is 22.3 Å². The SMILES string of the molecule is Cc1cc(C)c(CNC(=O)N[C@@H]2CCC[C@@H]2n2ccnc2)c(C)c1. The summed E-state index contributed by atoms with van der Waals surface area (Å²) in [5.74, 6) is 0. The predicted molar refractivity (Wildman–Crippen MR) is 94.9 cm³/mol. The highest BCUT2D eigenvalue weighted by molar-refractivity contribution is 5.74. The molecule has 1 aliphatic rings. The van der Waals surface area contributed by atoms with E-state index in [9.17, 15) is 4.79 Å². The van der Waals surface area contributed by atoms with Gasteiger partial charge in [-0.15, -0.1) is 0 Å². The number of carbonyl (C=O) groups excluding carboxylic acids is 1. The second-order valence-electron chi connectivity index (χ2n) is 6.82. The molecule has 2 N–H and O–H groups in total. The first kappa shape index (κ1) is 16.6. The Morgan fingerprint density at radius 1 is 1.25 bits per heavy atom. The van der Waals surface area contributed by atoms with Crippen molar-refractivity contribution in [2.24, 2.45) is 0 Å². The number of imidazole rings is 1. The average Bonchev–Trinajstić information content (AvgIpc) is 3.16. The number of rotatable bonds is 4. The second kappa shape index (κ2) is 7.07. The molecule has 2 amide bonds. The summed E-state index contributed by atoms with van der Waals surface area (Å²) < 4.78 is 2.10. The third-order valence-electron chi connectivity index (χ3n) is 4.97. The van der Waals surface area contributed by atoms with Crippen LogP contribution in [0.2, 0.25) is 0 Å². The van der Waals surface area contributed by atoms with E-state index in [0.29, 0.717) is 12.6 Å². The molecule has 2 atom stereocenters. The molecule has 1 saturated carbocycles. The summed E-state index contributed by atoms with van der Waals surface area (Å²) >= 11 is 0. The Bertz CT molecular complexity index is 685. The lowest BCUT2D eigenvalue weighted by Crippen LogP contribution is -2.43. The summed E-state index contributed by atoms with van der Waals surface area (Å²) in [4.78, 5) is 16.4. The lowest BCUT2D eigenvalue weighted by Gasteiger charge is -2.22. The van der Waals surface area contributed by atoms with Gasteiger partial charge in [0.05, 0.1) is 18.4 Å². The summed E-state index contributed by atoms with van der Waals surface area (Å²) in [6, 6.07) is 4.70. The van der Waals surface area contributed by atoms with Crippen LogP contribution < -0.4 is 10.6 Å². The van der Waals surface area contributed by atoms with Crippen molar-refractivity contribution in [3.8, 4) is 0 Å². The van der Waals surface area contributed by atoms with Crippen molar-refractivity contribution in [1.82, 2.24) is 20.2 Å². The monoisotopic (exact) mass is 326 g/mol. The second-order valence-corrected chi connectivity index (χ2v) is 6.82. The van der Waals surface area contributed by atoms with Crippen molar-refractivity contribution < 1.29 is 4.79 Å². The highest BCUT2D eigenvalue weighted by Gasteiger charge is 2.29. The summed E-state index contributed by atoms with van der Waals surface area (Å²) in [6.07, 6.45) is 8.82. The number of amides is 2. The first-order chi connectivity index (χ1) is 11.5. The molecule has 0 bridgehead atoms. The number of urea groups is 1. The Hall–Kier alpha value is -2.30. The fourth-order valence-corrected chi connectivity index (χ4v) is 3.81. The molecule has 1 aliphatic carbocycles. The van der Waals surface area contributed by atoms with Crippen LogP contribution >= 0.6 is 0 Å². The van der Waals surface area contributed by atoms with Gasteiger partial charge >= 0.3 is 6.03 Å². The topological polar surface area (TPSA) is 59.0 Å². The average molecular weight is 326 g/mol. The van der Waals surface area contributed by atoms with Gasteiger partial charge in [-0.2, -0.15) is 0 Å². The summed E-state index contributed by atoms with van der Waals surface area (Å²) in [7, 11) is 0. The fourth-order valence-electron chi connectivity index (χ4n) is 3.81. The number of hydrogen-bond donors (Lipinski definition) is 2. The third kappa shape index (κ3) is 3.61. The molecule has 1 heterocycles. The van der Waals surface area contributed by atoms with Crippen molar-refractivity contribution in [2.75, 3.05) is 0 Å².